The summed E-state index contributed by atoms with van der Waals surface area (Å²) in [5.74, 6) is 0.0176. The van der Waals surface area contributed by atoms with Crippen molar-refractivity contribution in [2.24, 2.45) is 0 Å². The van der Waals surface area contributed by atoms with Crippen molar-refractivity contribution in [3.8, 4) is 0 Å². The standard InChI is InChI=1S/C17H19Cl2N3O2S/c1-12-16(25-11-20-12)9-24-10-17(23)22-6-4-21(5-7-22)15-3-2-13(18)8-14(15)19/h2-3,8,11H,4-7,9-10H2,1H3. The molecular formula is C17H19Cl2N3O2S. The maximum Gasteiger partial charge on any atom is 0.248 e. The van der Waals surface area contributed by atoms with E-state index in [0.29, 0.717) is 29.7 Å². The van der Waals surface area contributed by atoms with Gasteiger partial charge < -0.3 is 14.5 Å². The first kappa shape index (κ1) is 18.5. The molecule has 0 unspecified atom stereocenters. The molecule has 2 heterocycles. The van der Waals surface area contributed by atoms with E-state index in [0.717, 1.165) is 29.3 Å². The molecular weight excluding hydrogens is 381 g/mol. The normalized spacial score (nSPS) is 14.8. The number of nitrogens with zero attached hydrogens (tertiary/aromatic N) is 3. The summed E-state index contributed by atoms with van der Waals surface area (Å²) in [6.07, 6.45) is 0. The van der Waals surface area contributed by atoms with E-state index >= 15 is 0 Å². The number of carbonyl (C=O) groups excluding carboxylic acids is 1. The highest BCUT2D eigenvalue weighted by Gasteiger charge is 2.22. The molecule has 1 amide bonds. The fraction of sp³-hybridized carbons (Fsp3) is 0.412. The van der Waals surface area contributed by atoms with Gasteiger partial charge in [0.1, 0.15) is 6.61 Å². The lowest BCUT2D eigenvalue weighted by molar-refractivity contribution is -0.136. The average molecular weight is 400 g/mol. The third-order valence-electron chi connectivity index (χ3n) is 4.19. The Bertz CT molecular complexity index is 745. The second-order valence-electron chi connectivity index (χ2n) is 5.82. The van der Waals surface area contributed by atoms with E-state index in [9.17, 15) is 4.79 Å². The van der Waals surface area contributed by atoms with Gasteiger partial charge in [0.25, 0.3) is 0 Å². The number of rotatable bonds is 5. The Kier molecular flexibility index (Phi) is 6.17. The second-order valence-corrected chi connectivity index (χ2v) is 7.60. The molecule has 1 fully saturated rings. The van der Waals surface area contributed by atoms with Gasteiger partial charge in [0.2, 0.25) is 5.91 Å². The molecule has 25 heavy (non-hydrogen) atoms. The van der Waals surface area contributed by atoms with E-state index < -0.39 is 0 Å². The molecule has 0 aliphatic carbocycles. The number of hydrogen-bond acceptors (Lipinski definition) is 5. The maximum absolute atomic E-state index is 12.3. The quantitative estimate of drug-likeness (QED) is 0.769. The molecule has 0 spiro atoms. The lowest BCUT2D eigenvalue weighted by atomic mass is 10.2. The van der Waals surface area contributed by atoms with Gasteiger partial charge >= 0.3 is 0 Å². The Morgan fingerprint density at radius 2 is 2.04 bits per heavy atom. The molecule has 0 N–H and O–H groups in total. The molecule has 1 aromatic carbocycles. The van der Waals surface area contributed by atoms with E-state index in [-0.39, 0.29) is 12.5 Å². The first-order valence-electron chi connectivity index (χ1n) is 7.99. The Morgan fingerprint density at radius 1 is 1.28 bits per heavy atom. The fourth-order valence-electron chi connectivity index (χ4n) is 2.72. The summed E-state index contributed by atoms with van der Waals surface area (Å²) in [6, 6.07) is 5.49. The minimum Gasteiger partial charge on any atom is -0.367 e. The monoisotopic (exact) mass is 399 g/mol. The molecule has 5 nitrogen and oxygen atoms in total. The summed E-state index contributed by atoms with van der Waals surface area (Å²) in [5.41, 5.74) is 3.71. The van der Waals surface area contributed by atoms with E-state index in [1.54, 1.807) is 22.9 Å². The van der Waals surface area contributed by atoms with Crippen LogP contribution in [0, 0.1) is 6.92 Å². The molecule has 134 valence electrons. The Labute approximate surface area is 161 Å². The van der Waals surface area contributed by atoms with Crippen LogP contribution in [-0.4, -0.2) is 48.6 Å². The van der Waals surface area contributed by atoms with Crippen LogP contribution in [0.25, 0.3) is 0 Å². The average Bonchev–Trinajstić information content (AvgIpc) is 3.00. The summed E-state index contributed by atoms with van der Waals surface area (Å²) in [7, 11) is 0. The van der Waals surface area contributed by atoms with Crippen molar-refractivity contribution in [1.82, 2.24) is 9.88 Å². The number of benzene rings is 1. The molecule has 1 aliphatic rings. The number of amides is 1. The Hall–Kier alpha value is -1.34. The van der Waals surface area contributed by atoms with Gasteiger partial charge in [0.15, 0.2) is 0 Å². The van der Waals surface area contributed by atoms with Crippen molar-refractivity contribution in [1.29, 1.82) is 0 Å². The summed E-state index contributed by atoms with van der Waals surface area (Å²) in [4.78, 5) is 21.5. The molecule has 0 saturated carbocycles. The first-order valence-corrected chi connectivity index (χ1v) is 9.62. The van der Waals surface area contributed by atoms with Crippen LogP contribution in [0.3, 0.4) is 0 Å². The third-order valence-corrected chi connectivity index (χ3v) is 5.63. The molecule has 3 rings (SSSR count). The molecule has 0 radical (unpaired) electrons. The van der Waals surface area contributed by atoms with Crippen LogP contribution in [0.2, 0.25) is 10.0 Å². The second kappa shape index (κ2) is 8.36. The molecule has 0 bridgehead atoms. The predicted octanol–water partition coefficient (Wildman–Crippen LogP) is 3.62. The van der Waals surface area contributed by atoms with Crippen LogP contribution in [0.15, 0.2) is 23.7 Å². The number of anilines is 1. The molecule has 2 aromatic rings. The molecule has 1 saturated heterocycles. The number of piperazine rings is 1. The molecule has 1 aromatic heterocycles. The summed E-state index contributed by atoms with van der Waals surface area (Å²) < 4.78 is 5.55. The SMILES string of the molecule is Cc1ncsc1COCC(=O)N1CCN(c2ccc(Cl)cc2Cl)CC1. The van der Waals surface area contributed by atoms with Crippen LogP contribution in [0.5, 0.6) is 0 Å². The fourth-order valence-corrected chi connectivity index (χ4v) is 3.96. The van der Waals surface area contributed by atoms with Crippen LogP contribution < -0.4 is 4.90 Å². The van der Waals surface area contributed by atoms with E-state index in [2.05, 4.69) is 9.88 Å². The first-order chi connectivity index (χ1) is 12.0. The van der Waals surface area contributed by atoms with Crippen LogP contribution in [0.4, 0.5) is 5.69 Å². The highest BCUT2D eigenvalue weighted by atomic mass is 35.5. The summed E-state index contributed by atoms with van der Waals surface area (Å²) in [5, 5.41) is 1.26. The number of halogens is 2. The van der Waals surface area contributed by atoms with E-state index in [1.807, 2.05) is 24.0 Å². The van der Waals surface area contributed by atoms with Gasteiger partial charge in [-0.25, -0.2) is 4.98 Å². The Morgan fingerprint density at radius 3 is 2.68 bits per heavy atom. The zero-order valence-corrected chi connectivity index (χ0v) is 16.2. The van der Waals surface area contributed by atoms with E-state index in [4.69, 9.17) is 27.9 Å². The predicted molar refractivity (Wildman–Crippen MR) is 102 cm³/mol. The van der Waals surface area contributed by atoms with Gasteiger partial charge in [-0.3, -0.25) is 4.79 Å². The largest absolute Gasteiger partial charge is 0.367 e. The molecule has 8 heteroatoms. The van der Waals surface area contributed by atoms with Gasteiger partial charge in [-0.05, 0) is 25.1 Å². The van der Waals surface area contributed by atoms with Gasteiger partial charge in [0.05, 0.1) is 33.4 Å². The minimum atomic E-state index is 0.0176. The number of thiazole rings is 1. The molecule has 1 aliphatic heterocycles. The van der Waals surface area contributed by atoms with Gasteiger partial charge in [0, 0.05) is 31.2 Å². The number of carbonyl (C=O) groups is 1. The summed E-state index contributed by atoms with van der Waals surface area (Å²) >= 11 is 13.8. The van der Waals surface area contributed by atoms with Crippen molar-refractivity contribution in [3.63, 3.8) is 0 Å². The molecule has 0 atom stereocenters. The number of aromatic nitrogens is 1. The van der Waals surface area contributed by atoms with Crippen LogP contribution in [-0.2, 0) is 16.1 Å². The minimum absolute atomic E-state index is 0.0176. The highest BCUT2D eigenvalue weighted by molar-refractivity contribution is 7.09. The smallest absolute Gasteiger partial charge is 0.248 e. The third kappa shape index (κ3) is 4.64. The zero-order chi connectivity index (χ0) is 17.8. The van der Waals surface area contributed by atoms with Gasteiger partial charge in [-0.1, -0.05) is 23.2 Å². The number of hydrogen-bond donors (Lipinski definition) is 0. The number of aryl methyl sites for hydroxylation is 1. The topological polar surface area (TPSA) is 45.7 Å². The van der Waals surface area contributed by atoms with Crippen molar-refractivity contribution in [2.45, 2.75) is 13.5 Å². The van der Waals surface area contributed by atoms with Crippen molar-refractivity contribution < 1.29 is 9.53 Å². The maximum atomic E-state index is 12.3. The van der Waals surface area contributed by atoms with Crippen molar-refractivity contribution in [3.05, 3.63) is 44.3 Å². The number of ether oxygens (including phenoxy) is 1. The zero-order valence-electron chi connectivity index (χ0n) is 13.9. The van der Waals surface area contributed by atoms with Crippen molar-refractivity contribution >= 4 is 46.1 Å². The Balaban J connectivity index is 1.46. The lowest BCUT2D eigenvalue weighted by Crippen LogP contribution is -2.49. The van der Waals surface area contributed by atoms with Crippen molar-refractivity contribution in [2.75, 3.05) is 37.7 Å². The lowest BCUT2D eigenvalue weighted by Gasteiger charge is -2.36. The van der Waals surface area contributed by atoms with Crippen LogP contribution in [0.1, 0.15) is 10.6 Å². The highest BCUT2D eigenvalue weighted by Crippen LogP contribution is 2.29. The van der Waals surface area contributed by atoms with Gasteiger partial charge in [-0.2, -0.15) is 0 Å². The van der Waals surface area contributed by atoms with E-state index in [1.165, 1.54) is 0 Å². The van der Waals surface area contributed by atoms with Crippen LogP contribution >= 0.6 is 34.5 Å². The summed E-state index contributed by atoms with van der Waals surface area (Å²) in [6.45, 7) is 5.25. The van der Waals surface area contributed by atoms with Gasteiger partial charge in [-0.15, -0.1) is 11.3 Å².